The topological polar surface area (TPSA) is 92.7 Å². The molecule has 1 fully saturated rings. The number of aromatic nitrogens is 3. The number of carbonyl (C=O) groups excluding carboxylic acids is 1. The van der Waals surface area contributed by atoms with E-state index in [-0.39, 0.29) is 5.91 Å². The van der Waals surface area contributed by atoms with Crippen LogP contribution in [0.1, 0.15) is 6.92 Å². The summed E-state index contributed by atoms with van der Waals surface area (Å²) in [5.74, 6) is 2.51. The number of ether oxygens (including phenoxy) is 2. The highest BCUT2D eigenvalue weighted by atomic mass is 16.5. The first-order chi connectivity index (χ1) is 12.6. The van der Waals surface area contributed by atoms with Crippen molar-refractivity contribution in [3.63, 3.8) is 0 Å². The maximum Gasteiger partial charge on any atom is 0.249 e. The minimum absolute atomic E-state index is 0.0967. The summed E-state index contributed by atoms with van der Waals surface area (Å²) in [5, 5.41) is 11.2. The van der Waals surface area contributed by atoms with E-state index in [1.54, 1.807) is 33.4 Å². The number of nitrogens with zero attached hydrogens (tertiary/aromatic N) is 5. The van der Waals surface area contributed by atoms with Crippen molar-refractivity contribution in [3.05, 3.63) is 24.4 Å². The minimum atomic E-state index is 0.0967. The second-order valence-electron chi connectivity index (χ2n) is 5.82. The van der Waals surface area contributed by atoms with Gasteiger partial charge in [-0.1, -0.05) is 0 Å². The molecule has 1 aromatic heterocycles. The molecule has 0 aliphatic carbocycles. The highest BCUT2D eigenvalue weighted by molar-refractivity contribution is 5.73. The molecular weight excluding hydrogens is 336 g/mol. The molecule has 1 aliphatic heterocycles. The first-order valence-electron chi connectivity index (χ1n) is 8.30. The van der Waals surface area contributed by atoms with Crippen LogP contribution in [0.4, 0.5) is 17.5 Å². The molecule has 9 heteroatoms. The van der Waals surface area contributed by atoms with Crippen LogP contribution in [0, 0.1) is 0 Å². The van der Waals surface area contributed by atoms with Crippen LogP contribution in [0.2, 0.25) is 0 Å². The van der Waals surface area contributed by atoms with Crippen molar-refractivity contribution in [1.82, 2.24) is 20.1 Å². The molecule has 9 nitrogen and oxygen atoms in total. The van der Waals surface area contributed by atoms with Gasteiger partial charge in [-0.3, -0.25) is 4.79 Å². The Labute approximate surface area is 151 Å². The van der Waals surface area contributed by atoms with Crippen LogP contribution >= 0.6 is 0 Å². The predicted octanol–water partition coefficient (Wildman–Crippen LogP) is 1.30. The molecule has 1 aromatic carbocycles. The summed E-state index contributed by atoms with van der Waals surface area (Å²) < 4.78 is 10.6. The Balaban J connectivity index is 1.73. The summed E-state index contributed by atoms with van der Waals surface area (Å²) in [5.41, 5.74) is 0.716. The number of hydrogen-bond acceptors (Lipinski definition) is 8. The van der Waals surface area contributed by atoms with Gasteiger partial charge in [-0.2, -0.15) is 10.1 Å². The van der Waals surface area contributed by atoms with E-state index in [9.17, 15) is 4.79 Å². The summed E-state index contributed by atoms with van der Waals surface area (Å²) in [6, 6.07) is 5.43. The standard InChI is InChI=1S/C17H22N6O3/c1-12(24)22-6-8-23(9-7-22)16-11-18-21-17(20-16)19-14-5-4-13(25-2)10-15(14)26-3/h4-5,10-11H,6-9H2,1-3H3,(H,19,20,21). The summed E-state index contributed by atoms with van der Waals surface area (Å²) in [6.45, 7) is 4.36. The first kappa shape index (κ1) is 17.7. The molecule has 2 aromatic rings. The van der Waals surface area contributed by atoms with Crippen LogP contribution in [0.25, 0.3) is 0 Å². The van der Waals surface area contributed by atoms with Crippen LogP contribution in [0.5, 0.6) is 11.5 Å². The number of amides is 1. The van der Waals surface area contributed by atoms with E-state index in [1.807, 2.05) is 17.0 Å². The first-order valence-corrected chi connectivity index (χ1v) is 8.30. The van der Waals surface area contributed by atoms with Crippen molar-refractivity contribution in [2.45, 2.75) is 6.92 Å². The quantitative estimate of drug-likeness (QED) is 0.855. The molecule has 2 heterocycles. The van der Waals surface area contributed by atoms with Gasteiger partial charge in [0.05, 0.1) is 26.1 Å². The Morgan fingerprint density at radius 1 is 1.15 bits per heavy atom. The fraction of sp³-hybridized carbons (Fsp3) is 0.412. The van der Waals surface area contributed by atoms with E-state index >= 15 is 0 Å². The number of rotatable bonds is 5. The largest absolute Gasteiger partial charge is 0.497 e. The lowest BCUT2D eigenvalue weighted by atomic mass is 10.2. The molecular formula is C17H22N6O3. The summed E-state index contributed by atoms with van der Waals surface area (Å²) in [4.78, 5) is 19.9. The van der Waals surface area contributed by atoms with Crippen LogP contribution in [0.15, 0.2) is 24.4 Å². The van der Waals surface area contributed by atoms with Gasteiger partial charge in [0.15, 0.2) is 5.82 Å². The van der Waals surface area contributed by atoms with Crippen molar-refractivity contribution in [2.24, 2.45) is 0 Å². The molecule has 1 aliphatic rings. The Morgan fingerprint density at radius 2 is 1.92 bits per heavy atom. The molecule has 1 N–H and O–H groups in total. The third kappa shape index (κ3) is 3.93. The van der Waals surface area contributed by atoms with Gasteiger partial charge in [-0.15, -0.1) is 5.10 Å². The lowest BCUT2D eigenvalue weighted by Crippen LogP contribution is -2.48. The Bertz CT molecular complexity index is 777. The molecule has 26 heavy (non-hydrogen) atoms. The van der Waals surface area contributed by atoms with Crippen molar-refractivity contribution in [2.75, 3.05) is 50.6 Å². The predicted molar refractivity (Wildman–Crippen MR) is 97.1 cm³/mol. The van der Waals surface area contributed by atoms with E-state index < -0.39 is 0 Å². The van der Waals surface area contributed by atoms with E-state index in [2.05, 4.69) is 25.4 Å². The summed E-state index contributed by atoms with van der Waals surface area (Å²) in [6.07, 6.45) is 1.62. The van der Waals surface area contributed by atoms with E-state index in [4.69, 9.17) is 9.47 Å². The maximum atomic E-state index is 11.4. The monoisotopic (exact) mass is 358 g/mol. The van der Waals surface area contributed by atoms with Gasteiger partial charge in [-0.05, 0) is 12.1 Å². The van der Waals surface area contributed by atoms with Crippen LogP contribution in [0.3, 0.4) is 0 Å². The molecule has 1 saturated heterocycles. The van der Waals surface area contributed by atoms with Crippen molar-refractivity contribution in [3.8, 4) is 11.5 Å². The summed E-state index contributed by atoms with van der Waals surface area (Å²) >= 11 is 0. The van der Waals surface area contributed by atoms with Crippen molar-refractivity contribution >= 4 is 23.4 Å². The number of methoxy groups -OCH3 is 2. The highest BCUT2D eigenvalue weighted by Gasteiger charge is 2.20. The molecule has 138 valence electrons. The number of benzene rings is 1. The van der Waals surface area contributed by atoms with E-state index in [0.717, 1.165) is 5.82 Å². The Kier molecular flexibility index (Phi) is 5.35. The zero-order valence-corrected chi connectivity index (χ0v) is 15.1. The van der Waals surface area contributed by atoms with Crippen molar-refractivity contribution < 1.29 is 14.3 Å². The molecule has 0 spiro atoms. The van der Waals surface area contributed by atoms with Crippen LogP contribution in [-0.2, 0) is 4.79 Å². The molecule has 0 unspecified atom stereocenters. The lowest BCUT2D eigenvalue weighted by molar-refractivity contribution is -0.129. The fourth-order valence-corrected chi connectivity index (χ4v) is 2.77. The van der Waals surface area contributed by atoms with Crippen molar-refractivity contribution in [1.29, 1.82) is 0 Å². The molecule has 0 saturated carbocycles. The van der Waals surface area contributed by atoms with Gasteiger partial charge in [0.1, 0.15) is 11.5 Å². The van der Waals surface area contributed by atoms with Crippen LogP contribution < -0.4 is 19.7 Å². The Morgan fingerprint density at radius 3 is 2.58 bits per heavy atom. The van der Waals surface area contributed by atoms with E-state index in [1.165, 1.54) is 0 Å². The van der Waals surface area contributed by atoms with Gasteiger partial charge in [0.25, 0.3) is 0 Å². The maximum absolute atomic E-state index is 11.4. The molecule has 0 bridgehead atoms. The van der Waals surface area contributed by atoms with Gasteiger partial charge < -0.3 is 24.6 Å². The molecule has 0 atom stereocenters. The van der Waals surface area contributed by atoms with Gasteiger partial charge in [0, 0.05) is 39.2 Å². The average Bonchev–Trinajstić information content (AvgIpc) is 2.68. The average molecular weight is 358 g/mol. The molecule has 0 radical (unpaired) electrons. The molecule has 1 amide bonds. The number of hydrogen-bond donors (Lipinski definition) is 1. The third-order valence-electron chi connectivity index (χ3n) is 4.25. The van der Waals surface area contributed by atoms with Gasteiger partial charge in [0.2, 0.25) is 11.9 Å². The summed E-state index contributed by atoms with van der Waals surface area (Å²) in [7, 11) is 3.19. The van der Waals surface area contributed by atoms with Crippen LogP contribution in [-0.4, -0.2) is 66.4 Å². The van der Waals surface area contributed by atoms with Gasteiger partial charge in [-0.25, -0.2) is 0 Å². The number of carbonyl (C=O) groups is 1. The van der Waals surface area contributed by atoms with E-state index in [0.29, 0.717) is 49.3 Å². The van der Waals surface area contributed by atoms with Gasteiger partial charge >= 0.3 is 0 Å². The second kappa shape index (κ2) is 7.85. The molecule has 3 rings (SSSR count). The lowest BCUT2D eigenvalue weighted by Gasteiger charge is -2.34. The minimum Gasteiger partial charge on any atom is -0.497 e. The second-order valence-corrected chi connectivity index (χ2v) is 5.82. The zero-order valence-electron chi connectivity index (χ0n) is 15.1. The SMILES string of the molecule is COc1ccc(Nc2nncc(N3CCN(C(C)=O)CC3)n2)c(OC)c1. The fourth-order valence-electron chi connectivity index (χ4n) is 2.77. The number of nitrogens with one attached hydrogen (secondary N) is 1. The highest BCUT2D eigenvalue weighted by Crippen LogP contribution is 2.30. The number of anilines is 3. The zero-order chi connectivity index (χ0) is 18.5. The Hall–Kier alpha value is -3.10. The number of piperazine rings is 1. The third-order valence-corrected chi connectivity index (χ3v) is 4.25. The normalized spacial score (nSPS) is 14.1. The smallest absolute Gasteiger partial charge is 0.249 e.